The lowest BCUT2D eigenvalue weighted by molar-refractivity contribution is 0.350. The normalized spacial score (nSPS) is 12.9. The summed E-state index contributed by atoms with van der Waals surface area (Å²) in [4.78, 5) is 7.65. The molecule has 2 heterocycles. The van der Waals surface area contributed by atoms with Gasteiger partial charge in [-0.2, -0.15) is 4.98 Å². The lowest BCUT2D eigenvalue weighted by Gasteiger charge is -2.05. The average Bonchev–Trinajstić information content (AvgIpc) is 3.13. The molecule has 0 amide bonds. The van der Waals surface area contributed by atoms with Crippen LogP contribution in [0.3, 0.4) is 0 Å². The fourth-order valence-electron chi connectivity index (χ4n) is 2.48. The van der Waals surface area contributed by atoms with Gasteiger partial charge in [0.1, 0.15) is 0 Å². The van der Waals surface area contributed by atoms with Gasteiger partial charge in [0.25, 0.3) is 0 Å². The molecule has 2 aromatic heterocycles. The lowest BCUT2D eigenvalue weighted by Crippen LogP contribution is -2.13. The average molecular weight is 284 g/mol. The van der Waals surface area contributed by atoms with Crippen LogP contribution in [0.2, 0.25) is 0 Å². The Labute approximate surface area is 123 Å². The maximum Gasteiger partial charge on any atom is 0.243 e. The summed E-state index contributed by atoms with van der Waals surface area (Å²) in [5, 5.41) is 5.19. The largest absolute Gasteiger partial charge is 0.361 e. The third kappa shape index (κ3) is 2.97. The number of fused-ring (bicyclic) bond motifs is 1. The van der Waals surface area contributed by atoms with Crippen molar-refractivity contribution in [3.8, 4) is 0 Å². The molecule has 0 spiro atoms. The molecule has 0 aliphatic carbocycles. The Kier molecular flexibility index (Phi) is 4.01. The highest BCUT2D eigenvalue weighted by Crippen LogP contribution is 2.22. The predicted octanol–water partition coefficient (Wildman–Crippen LogP) is 3.14. The Morgan fingerprint density at radius 1 is 1.33 bits per heavy atom. The molecule has 1 aromatic carbocycles. The number of hydrogen-bond acceptors (Lipinski definition) is 4. The molecule has 3 N–H and O–H groups in total. The molecule has 0 saturated heterocycles. The van der Waals surface area contributed by atoms with Gasteiger partial charge < -0.3 is 15.2 Å². The van der Waals surface area contributed by atoms with Gasteiger partial charge in [-0.3, -0.25) is 0 Å². The van der Waals surface area contributed by atoms with E-state index in [1.807, 2.05) is 18.3 Å². The van der Waals surface area contributed by atoms with E-state index in [9.17, 15) is 0 Å². The minimum absolute atomic E-state index is 0.271. The smallest absolute Gasteiger partial charge is 0.243 e. The molecule has 1 atom stereocenters. The summed E-state index contributed by atoms with van der Waals surface area (Å²) in [6, 6.07) is 7.92. The van der Waals surface area contributed by atoms with Gasteiger partial charge in [0.05, 0.1) is 6.04 Å². The van der Waals surface area contributed by atoms with Gasteiger partial charge in [-0.15, -0.1) is 0 Å². The zero-order chi connectivity index (χ0) is 14.7. The molecule has 0 fully saturated rings. The molecule has 3 rings (SSSR count). The Balaban J connectivity index is 1.73. The summed E-state index contributed by atoms with van der Waals surface area (Å²) >= 11 is 0. The lowest BCUT2D eigenvalue weighted by atomic mass is 10.1. The number of nitrogens with zero attached hydrogens (tertiary/aromatic N) is 2. The van der Waals surface area contributed by atoms with Crippen molar-refractivity contribution in [2.75, 3.05) is 0 Å². The van der Waals surface area contributed by atoms with E-state index in [1.165, 1.54) is 10.9 Å². The maximum atomic E-state index is 6.21. The van der Waals surface area contributed by atoms with E-state index in [-0.39, 0.29) is 6.04 Å². The van der Waals surface area contributed by atoms with Crippen molar-refractivity contribution in [1.82, 2.24) is 15.1 Å². The molecule has 5 heteroatoms. The van der Waals surface area contributed by atoms with Crippen molar-refractivity contribution in [2.24, 2.45) is 5.73 Å². The molecule has 0 bridgehead atoms. The van der Waals surface area contributed by atoms with E-state index in [4.69, 9.17) is 10.3 Å². The number of H-pyrrole nitrogens is 1. The second kappa shape index (κ2) is 6.10. The third-order valence-electron chi connectivity index (χ3n) is 3.67. The molecule has 0 aliphatic rings. The van der Waals surface area contributed by atoms with Crippen molar-refractivity contribution in [2.45, 2.75) is 38.6 Å². The molecular weight excluding hydrogens is 264 g/mol. The molecule has 21 heavy (non-hydrogen) atoms. The first-order valence-electron chi connectivity index (χ1n) is 7.41. The first-order chi connectivity index (χ1) is 10.3. The fraction of sp³-hybridized carbons (Fsp3) is 0.375. The third-order valence-corrected chi connectivity index (χ3v) is 3.67. The Bertz CT molecular complexity index is 716. The highest BCUT2D eigenvalue weighted by molar-refractivity contribution is 5.83. The van der Waals surface area contributed by atoms with E-state index in [2.05, 4.69) is 34.2 Å². The van der Waals surface area contributed by atoms with Crippen LogP contribution >= 0.6 is 0 Å². The van der Waals surface area contributed by atoms with Crippen LogP contribution in [-0.4, -0.2) is 15.1 Å². The number of rotatable bonds is 6. The zero-order valence-electron chi connectivity index (χ0n) is 12.2. The SMILES string of the molecule is CCCCc1noc([C@H](N)Cc2c[nH]c3ccccc23)n1. The van der Waals surface area contributed by atoms with E-state index in [1.54, 1.807) is 0 Å². The molecular formula is C16H20N4O. The summed E-state index contributed by atoms with van der Waals surface area (Å²) in [6.07, 6.45) is 5.71. The maximum absolute atomic E-state index is 6.21. The van der Waals surface area contributed by atoms with Crippen LogP contribution in [0.5, 0.6) is 0 Å². The monoisotopic (exact) mass is 284 g/mol. The standard InChI is InChI=1S/C16H20N4O/c1-2-3-8-15-19-16(21-20-15)13(17)9-11-10-18-14-7-5-4-6-12(11)14/h4-7,10,13,18H,2-3,8-9,17H2,1H3/t13-/m1/s1. The number of para-hydroxylation sites is 1. The number of aromatic nitrogens is 3. The number of nitrogens with two attached hydrogens (primary N) is 1. The second-order valence-electron chi connectivity index (χ2n) is 5.32. The van der Waals surface area contributed by atoms with Crippen LogP contribution in [0.15, 0.2) is 35.0 Å². The van der Waals surface area contributed by atoms with Crippen molar-refractivity contribution in [1.29, 1.82) is 0 Å². The Morgan fingerprint density at radius 2 is 2.19 bits per heavy atom. The molecule has 110 valence electrons. The van der Waals surface area contributed by atoms with Crippen molar-refractivity contribution in [3.63, 3.8) is 0 Å². The van der Waals surface area contributed by atoms with Crippen molar-refractivity contribution in [3.05, 3.63) is 47.7 Å². The zero-order valence-corrected chi connectivity index (χ0v) is 12.2. The summed E-state index contributed by atoms with van der Waals surface area (Å²) in [5.41, 5.74) is 8.50. The molecule has 3 aromatic rings. The number of unbranched alkanes of at least 4 members (excludes halogenated alkanes) is 1. The summed E-state index contributed by atoms with van der Waals surface area (Å²) in [7, 11) is 0. The van der Waals surface area contributed by atoms with Gasteiger partial charge in [0.2, 0.25) is 5.89 Å². The highest BCUT2D eigenvalue weighted by atomic mass is 16.5. The highest BCUT2D eigenvalue weighted by Gasteiger charge is 2.17. The van der Waals surface area contributed by atoms with Gasteiger partial charge in [-0.25, -0.2) is 0 Å². The van der Waals surface area contributed by atoms with Gasteiger partial charge in [0, 0.05) is 23.5 Å². The molecule has 5 nitrogen and oxygen atoms in total. The first-order valence-corrected chi connectivity index (χ1v) is 7.41. The van der Waals surface area contributed by atoms with Crippen LogP contribution < -0.4 is 5.73 Å². The summed E-state index contributed by atoms with van der Waals surface area (Å²) < 4.78 is 5.29. The number of hydrogen-bond donors (Lipinski definition) is 2. The minimum Gasteiger partial charge on any atom is -0.361 e. The molecule has 0 aliphatic heterocycles. The molecule has 0 unspecified atom stereocenters. The fourth-order valence-corrected chi connectivity index (χ4v) is 2.48. The minimum atomic E-state index is -0.271. The first kappa shape index (κ1) is 13.8. The van der Waals surface area contributed by atoms with Gasteiger partial charge >= 0.3 is 0 Å². The Hall–Kier alpha value is -2.14. The topological polar surface area (TPSA) is 80.7 Å². The van der Waals surface area contributed by atoms with E-state index >= 15 is 0 Å². The Morgan fingerprint density at radius 3 is 3.05 bits per heavy atom. The summed E-state index contributed by atoms with van der Waals surface area (Å²) in [5.74, 6) is 1.27. The van der Waals surface area contributed by atoms with Crippen LogP contribution in [0, 0.1) is 0 Å². The van der Waals surface area contributed by atoms with Crippen molar-refractivity contribution >= 4 is 10.9 Å². The van der Waals surface area contributed by atoms with Gasteiger partial charge in [-0.05, 0) is 24.5 Å². The van der Waals surface area contributed by atoms with Crippen LogP contribution in [0.1, 0.15) is 43.1 Å². The van der Waals surface area contributed by atoms with Gasteiger partial charge in [0.15, 0.2) is 5.82 Å². The van der Waals surface area contributed by atoms with E-state index < -0.39 is 0 Å². The van der Waals surface area contributed by atoms with Crippen molar-refractivity contribution < 1.29 is 4.52 Å². The molecule has 0 radical (unpaired) electrons. The van der Waals surface area contributed by atoms with E-state index in [0.717, 1.165) is 30.6 Å². The summed E-state index contributed by atoms with van der Waals surface area (Å²) in [6.45, 7) is 2.14. The predicted molar refractivity (Wildman–Crippen MR) is 81.8 cm³/mol. The number of nitrogens with one attached hydrogen (secondary N) is 1. The van der Waals surface area contributed by atoms with Crippen LogP contribution in [-0.2, 0) is 12.8 Å². The second-order valence-corrected chi connectivity index (χ2v) is 5.32. The van der Waals surface area contributed by atoms with Gasteiger partial charge in [-0.1, -0.05) is 36.7 Å². The van der Waals surface area contributed by atoms with Crippen LogP contribution in [0.4, 0.5) is 0 Å². The van der Waals surface area contributed by atoms with E-state index in [0.29, 0.717) is 12.3 Å². The molecule has 0 saturated carbocycles. The van der Waals surface area contributed by atoms with Crippen LogP contribution in [0.25, 0.3) is 10.9 Å². The number of aryl methyl sites for hydroxylation is 1. The number of aromatic amines is 1. The quantitative estimate of drug-likeness (QED) is 0.728. The number of benzene rings is 1.